The lowest BCUT2D eigenvalue weighted by atomic mass is 9.82. The van der Waals surface area contributed by atoms with Crippen molar-refractivity contribution in [3.8, 4) is 0 Å². The van der Waals surface area contributed by atoms with Crippen molar-refractivity contribution in [3.63, 3.8) is 0 Å². The van der Waals surface area contributed by atoms with Gasteiger partial charge in [-0.25, -0.2) is 4.79 Å². The van der Waals surface area contributed by atoms with Crippen LogP contribution < -0.4 is 5.32 Å². The number of esters is 1. The van der Waals surface area contributed by atoms with E-state index in [1.165, 1.54) is 7.11 Å². The maximum Gasteiger partial charge on any atom is 0.335 e. The number of benzene rings is 2. The highest BCUT2D eigenvalue weighted by Gasteiger charge is 2.42. The van der Waals surface area contributed by atoms with E-state index in [2.05, 4.69) is 10.3 Å². The Morgan fingerprint density at radius 1 is 0.920 bits per heavy atom. The zero-order valence-electron chi connectivity index (χ0n) is 14.1. The summed E-state index contributed by atoms with van der Waals surface area (Å²) < 4.78 is 5.19. The van der Waals surface area contributed by atoms with Crippen molar-refractivity contribution >= 4 is 5.97 Å². The average Bonchev–Trinajstić information content (AvgIpc) is 2.70. The zero-order chi connectivity index (χ0) is 17.5. The van der Waals surface area contributed by atoms with Gasteiger partial charge in [-0.3, -0.25) is 10.3 Å². The van der Waals surface area contributed by atoms with Crippen LogP contribution in [0.3, 0.4) is 0 Å². The quantitative estimate of drug-likeness (QED) is 0.704. The fourth-order valence-electron chi connectivity index (χ4n) is 2.93. The highest BCUT2D eigenvalue weighted by molar-refractivity contribution is 5.87. The Morgan fingerprint density at radius 2 is 1.48 bits per heavy atom. The van der Waals surface area contributed by atoms with Crippen LogP contribution in [0.15, 0.2) is 85.1 Å². The van der Waals surface area contributed by atoms with Crippen LogP contribution in [-0.4, -0.2) is 18.1 Å². The number of nitrogens with zero attached hydrogens (tertiary/aromatic N) is 1. The van der Waals surface area contributed by atoms with Gasteiger partial charge in [0.05, 0.1) is 12.8 Å². The van der Waals surface area contributed by atoms with Gasteiger partial charge in [0.15, 0.2) is 5.54 Å². The first-order valence-corrected chi connectivity index (χ1v) is 8.12. The Balaban J connectivity index is 2.10. The molecule has 2 aromatic carbocycles. The number of methoxy groups -OCH3 is 1. The molecule has 0 saturated heterocycles. The predicted octanol–water partition coefficient (Wildman–Crippen LogP) is 3.29. The number of aromatic nitrogens is 1. The summed E-state index contributed by atoms with van der Waals surface area (Å²) in [6, 6.07) is 24.9. The van der Waals surface area contributed by atoms with Crippen LogP contribution in [-0.2, 0) is 21.6 Å². The topological polar surface area (TPSA) is 51.2 Å². The van der Waals surface area contributed by atoms with E-state index in [4.69, 9.17) is 4.74 Å². The van der Waals surface area contributed by atoms with Crippen LogP contribution in [0.4, 0.5) is 0 Å². The van der Waals surface area contributed by atoms with Gasteiger partial charge in [-0.15, -0.1) is 0 Å². The van der Waals surface area contributed by atoms with Crippen LogP contribution in [0, 0.1) is 0 Å². The molecule has 126 valence electrons. The molecule has 0 amide bonds. The van der Waals surface area contributed by atoms with Gasteiger partial charge in [-0.2, -0.15) is 0 Å². The van der Waals surface area contributed by atoms with Crippen molar-refractivity contribution in [3.05, 3.63) is 102 Å². The highest BCUT2D eigenvalue weighted by Crippen LogP contribution is 2.31. The fourth-order valence-corrected chi connectivity index (χ4v) is 2.93. The van der Waals surface area contributed by atoms with Gasteiger partial charge >= 0.3 is 5.97 Å². The molecule has 0 aliphatic carbocycles. The summed E-state index contributed by atoms with van der Waals surface area (Å²) in [5.74, 6) is -0.360. The van der Waals surface area contributed by atoms with Crippen molar-refractivity contribution in [2.45, 2.75) is 12.1 Å². The number of carbonyl (C=O) groups excluding carboxylic acids is 1. The standard InChI is InChI=1S/C21H20N2O2/c1-25-20(24)21(17-10-4-2-5-11-17,18-12-6-3-7-13-18)23-16-19-14-8-9-15-22-19/h2-15,23H,16H2,1H3. The Morgan fingerprint density at radius 3 is 1.96 bits per heavy atom. The minimum atomic E-state index is -1.10. The number of hydrogen-bond acceptors (Lipinski definition) is 4. The number of nitrogens with one attached hydrogen (secondary N) is 1. The monoisotopic (exact) mass is 332 g/mol. The van der Waals surface area contributed by atoms with Gasteiger partial charge in [0.2, 0.25) is 0 Å². The molecule has 0 bridgehead atoms. The molecule has 25 heavy (non-hydrogen) atoms. The number of carbonyl (C=O) groups is 1. The van der Waals surface area contributed by atoms with Crippen molar-refractivity contribution < 1.29 is 9.53 Å². The van der Waals surface area contributed by atoms with Gasteiger partial charge in [-0.05, 0) is 23.3 Å². The van der Waals surface area contributed by atoms with E-state index in [1.54, 1.807) is 6.20 Å². The SMILES string of the molecule is COC(=O)C(NCc1ccccn1)(c1ccccc1)c1ccccc1. The summed E-state index contributed by atoms with van der Waals surface area (Å²) in [6.07, 6.45) is 1.74. The summed E-state index contributed by atoms with van der Waals surface area (Å²) in [4.78, 5) is 17.3. The van der Waals surface area contributed by atoms with E-state index < -0.39 is 5.54 Å². The molecule has 3 aromatic rings. The van der Waals surface area contributed by atoms with Gasteiger partial charge in [-0.1, -0.05) is 66.7 Å². The molecule has 0 saturated carbocycles. The Bertz CT molecular complexity index is 766. The van der Waals surface area contributed by atoms with Gasteiger partial charge in [0, 0.05) is 12.7 Å². The lowest BCUT2D eigenvalue weighted by molar-refractivity contribution is -0.147. The first-order valence-electron chi connectivity index (χ1n) is 8.12. The van der Waals surface area contributed by atoms with Crippen molar-refractivity contribution in [2.75, 3.05) is 7.11 Å². The second-order valence-corrected chi connectivity index (χ2v) is 5.65. The molecule has 1 aromatic heterocycles. The molecule has 0 aliphatic rings. The van der Waals surface area contributed by atoms with Crippen LogP contribution in [0.2, 0.25) is 0 Å². The summed E-state index contributed by atoms with van der Waals surface area (Å²) in [5.41, 5.74) is 1.39. The van der Waals surface area contributed by atoms with Gasteiger partial charge in [0.1, 0.15) is 0 Å². The zero-order valence-corrected chi connectivity index (χ0v) is 14.1. The van der Waals surface area contributed by atoms with E-state index in [0.717, 1.165) is 16.8 Å². The van der Waals surface area contributed by atoms with Crippen molar-refractivity contribution in [1.82, 2.24) is 10.3 Å². The first kappa shape index (κ1) is 16.9. The van der Waals surface area contributed by atoms with Crippen LogP contribution >= 0.6 is 0 Å². The van der Waals surface area contributed by atoms with Gasteiger partial charge < -0.3 is 4.74 Å². The minimum absolute atomic E-state index is 0.360. The second kappa shape index (κ2) is 7.73. The molecular formula is C21H20N2O2. The third-order valence-electron chi connectivity index (χ3n) is 4.17. The number of pyridine rings is 1. The van der Waals surface area contributed by atoms with E-state index in [0.29, 0.717) is 6.54 Å². The third-order valence-corrected chi connectivity index (χ3v) is 4.17. The van der Waals surface area contributed by atoms with E-state index >= 15 is 0 Å². The highest BCUT2D eigenvalue weighted by atomic mass is 16.5. The van der Waals surface area contributed by atoms with E-state index in [-0.39, 0.29) is 5.97 Å². The maximum absolute atomic E-state index is 13.0. The summed E-state index contributed by atoms with van der Waals surface area (Å²) >= 11 is 0. The lowest BCUT2D eigenvalue weighted by Crippen LogP contribution is -2.50. The summed E-state index contributed by atoms with van der Waals surface area (Å²) in [5, 5.41) is 3.40. The minimum Gasteiger partial charge on any atom is -0.467 e. The molecule has 0 spiro atoms. The number of rotatable bonds is 6. The molecule has 0 unspecified atom stereocenters. The lowest BCUT2D eigenvalue weighted by Gasteiger charge is -2.33. The maximum atomic E-state index is 13.0. The molecule has 4 heteroatoms. The Kier molecular flexibility index (Phi) is 5.21. The molecule has 0 atom stereocenters. The molecule has 1 N–H and O–H groups in total. The fraction of sp³-hybridized carbons (Fsp3) is 0.143. The Labute approximate surface area is 147 Å². The molecule has 3 rings (SSSR count). The predicted molar refractivity (Wildman–Crippen MR) is 96.8 cm³/mol. The molecule has 0 radical (unpaired) electrons. The van der Waals surface area contributed by atoms with Crippen molar-refractivity contribution in [1.29, 1.82) is 0 Å². The van der Waals surface area contributed by atoms with E-state index in [9.17, 15) is 4.79 Å². The molecule has 1 heterocycles. The molecule has 0 fully saturated rings. The van der Waals surface area contributed by atoms with Crippen molar-refractivity contribution in [2.24, 2.45) is 0 Å². The first-order chi connectivity index (χ1) is 12.3. The number of hydrogen-bond donors (Lipinski definition) is 1. The van der Waals surface area contributed by atoms with Crippen LogP contribution in [0.5, 0.6) is 0 Å². The normalized spacial score (nSPS) is 11.1. The smallest absolute Gasteiger partial charge is 0.335 e. The summed E-state index contributed by atoms with van der Waals surface area (Å²) in [6.45, 7) is 0.430. The van der Waals surface area contributed by atoms with Crippen LogP contribution in [0.1, 0.15) is 16.8 Å². The molecule has 0 aliphatic heterocycles. The Hall–Kier alpha value is -2.98. The van der Waals surface area contributed by atoms with Gasteiger partial charge in [0.25, 0.3) is 0 Å². The number of ether oxygens (including phenoxy) is 1. The van der Waals surface area contributed by atoms with Crippen LogP contribution in [0.25, 0.3) is 0 Å². The second-order valence-electron chi connectivity index (χ2n) is 5.65. The van der Waals surface area contributed by atoms with E-state index in [1.807, 2.05) is 78.9 Å². The average molecular weight is 332 g/mol. The largest absolute Gasteiger partial charge is 0.467 e. The summed E-state index contributed by atoms with van der Waals surface area (Å²) in [7, 11) is 1.41. The third kappa shape index (κ3) is 3.44. The molecular weight excluding hydrogens is 312 g/mol. The molecule has 4 nitrogen and oxygen atoms in total.